The molecule has 1 aromatic carbocycles. The molecule has 110 valence electrons. The number of aliphatic hydroxyl groups excluding tert-OH is 1. The monoisotopic (exact) mass is 279 g/mol. The van der Waals surface area contributed by atoms with Gasteiger partial charge in [-0.3, -0.25) is 4.79 Å². The van der Waals surface area contributed by atoms with Crippen molar-refractivity contribution >= 4 is 17.6 Å². The molecule has 0 heterocycles. The number of hydrogen-bond acceptors (Lipinski definition) is 3. The Morgan fingerprint density at radius 1 is 1.20 bits per heavy atom. The second-order valence-corrected chi connectivity index (χ2v) is 4.69. The van der Waals surface area contributed by atoms with Gasteiger partial charge in [0.05, 0.1) is 6.54 Å². The van der Waals surface area contributed by atoms with Crippen LogP contribution in [0, 0.1) is 5.92 Å². The van der Waals surface area contributed by atoms with Crippen LogP contribution in [0.25, 0.3) is 0 Å². The predicted molar refractivity (Wildman–Crippen MR) is 77.3 cm³/mol. The lowest BCUT2D eigenvalue weighted by Gasteiger charge is -2.19. The lowest BCUT2D eigenvalue weighted by molar-refractivity contribution is -0.121. The first kappa shape index (κ1) is 16.0. The molecule has 0 aliphatic heterocycles. The zero-order valence-corrected chi connectivity index (χ0v) is 11.7. The lowest BCUT2D eigenvalue weighted by Crippen LogP contribution is -2.44. The van der Waals surface area contributed by atoms with E-state index in [0.29, 0.717) is 5.69 Å². The van der Waals surface area contributed by atoms with Gasteiger partial charge in [-0.15, -0.1) is 0 Å². The molecule has 0 spiro atoms. The van der Waals surface area contributed by atoms with Crippen molar-refractivity contribution in [1.29, 1.82) is 0 Å². The molecule has 1 aromatic rings. The van der Waals surface area contributed by atoms with Crippen LogP contribution in [-0.2, 0) is 4.79 Å². The Labute approximate surface area is 118 Å². The third-order valence-corrected chi connectivity index (χ3v) is 2.97. The zero-order valence-electron chi connectivity index (χ0n) is 11.7. The Balaban J connectivity index is 2.29. The summed E-state index contributed by atoms with van der Waals surface area (Å²) >= 11 is 0. The number of rotatable bonds is 6. The molecule has 6 nitrogen and oxygen atoms in total. The second kappa shape index (κ2) is 8.16. The minimum atomic E-state index is -0.436. The number of hydrogen-bond donors (Lipinski definition) is 4. The van der Waals surface area contributed by atoms with Gasteiger partial charge < -0.3 is 21.1 Å². The average Bonchev–Trinajstić information content (AvgIpc) is 2.45. The summed E-state index contributed by atoms with van der Waals surface area (Å²) in [6.45, 7) is 3.54. The maximum atomic E-state index is 11.6. The Bertz CT molecular complexity index is 437. The van der Waals surface area contributed by atoms with Gasteiger partial charge in [-0.1, -0.05) is 25.1 Å². The summed E-state index contributed by atoms with van der Waals surface area (Å²) in [5.74, 6) is -0.321. The summed E-state index contributed by atoms with van der Waals surface area (Å²) < 4.78 is 0. The van der Waals surface area contributed by atoms with E-state index in [-0.39, 0.29) is 31.0 Å². The van der Waals surface area contributed by atoms with Crippen LogP contribution in [-0.4, -0.2) is 36.2 Å². The van der Waals surface area contributed by atoms with Gasteiger partial charge in [0.25, 0.3) is 0 Å². The fourth-order valence-electron chi connectivity index (χ4n) is 1.46. The van der Waals surface area contributed by atoms with Crippen molar-refractivity contribution in [2.24, 2.45) is 5.92 Å². The van der Waals surface area contributed by atoms with Crippen LogP contribution in [0.4, 0.5) is 10.5 Å². The van der Waals surface area contributed by atoms with Gasteiger partial charge in [0.1, 0.15) is 0 Å². The molecule has 3 amide bonds. The van der Waals surface area contributed by atoms with Crippen LogP contribution >= 0.6 is 0 Å². The number of anilines is 1. The van der Waals surface area contributed by atoms with Gasteiger partial charge in [-0.2, -0.15) is 0 Å². The summed E-state index contributed by atoms with van der Waals surface area (Å²) in [6.07, 6.45) is 0. The summed E-state index contributed by atoms with van der Waals surface area (Å²) in [5, 5.41) is 16.8. The number of benzene rings is 1. The standard InChI is InChI=1S/C14H21N3O3/c1-10(9-18)11(2)16-13(19)8-15-14(20)17-12-6-4-3-5-7-12/h3-7,10-11,18H,8-9H2,1-2H3,(H,16,19)(H2,15,17,20). The highest BCUT2D eigenvalue weighted by molar-refractivity contribution is 5.92. The number of aliphatic hydroxyl groups is 1. The van der Waals surface area contributed by atoms with E-state index in [1.807, 2.05) is 19.9 Å². The fourth-order valence-corrected chi connectivity index (χ4v) is 1.46. The first-order valence-corrected chi connectivity index (χ1v) is 6.53. The lowest BCUT2D eigenvalue weighted by atomic mass is 10.1. The summed E-state index contributed by atoms with van der Waals surface area (Å²) in [4.78, 5) is 23.1. The van der Waals surface area contributed by atoms with Gasteiger partial charge in [0, 0.05) is 18.3 Å². The van der Waals surface area contributed by atoms with Crippen molar-refractivity contribution in [2.45, 2.75) is 19.9 Å². The van der Waals surface area contributed by atoms with E-state index in [0.717, 1.165) is 0 Å². The normalized spacial score (nSPS) is 13.2. The summed E-state index contributed by atoms with van der Waals surface area (Å²) in [7, 11) is 0. The molecule has 0 radical (unpaired) electrons. The van der Waals surface area contributed by atoms with Crippen LogP contribution in [0.3, 0.4) is 0 Å². The molecule has 1 rings (SSSR count). The van der Waals surface area contributed by atoms with E-state index in [2.05, 4.69) is 16.0 Å². The molecule has 2 atom stereocenters. The van der Waals surface area contributed by atoms with Gasteiger partial charge >= 0.3 is 6.03 Å². The maximum absolute atomic E-state index is 11.6. The summed E-state index contributed by atoms with van der Waals surface area (Å²) in [6, 6.07) is 8.39. The molecule has 6 heteroatoms. The molecule has 0 aromatic heterocycles. The van der Waals surface area contributed by atoms with Crippen molar-refractivity contribution in [3.63, 3.8) is 0 Å². The summed E-state index contributed by atoms with van der Waals surface area (Å²) in [5.41, 5.74) is 0.660. The number of carbonyl (C=O) groups excluding carboxylic acids is 2. The molecule has 0 saturated heterocycles. The Hall–Kier alpha value is -2.08. The molecule has 4 N–H and O–H groups in total. The van der Waals surface area contributed by atoms with Crippen molar-refractivity contribution in [1.82, 2.24) is 10.6 Å². The molecule has 0 bridgehead atoms. The minimum Gasteiger partial charge on any atom is -0.396 e. The van der Waals surface area contributed by atoms with Crippen molar-refractivity contribution < 1.29 is 14.7 Å². The van der Waals surface area contributed by atoms with E-state index in [1.165, 1.54) is 0 Å². The number of carbonyl (C=O) groups is 2. The van der Waals surface area contributed by atoms with Crippen molar-refractivity contribution in [2.75, 3.05) is 18.5 Å². The number of amides is 3. The molecule has 0 aliphatic rings. The zero-order chi connectivity index (χ0) is 15.0. The number of para-hydroxylation sites is 1. The van der Waals surface area contributed by atoms with Crippen LogP contribution in [0.5, 0.6) is 0 Å². The third kappa shape index (κ3) is 5.71. The molecule has 0 aliphatic carbocycles. The Morgan fingerprint density at radius 2 is 1.85 bits per heavy atom. The van der Waals surface area contributed by atoms with Crippen molar-refractivity contribution in [3.8, 4) is 0 Å². The van der Waals surface area contributed by atoms with E-state index >= 15 is 0 Å². The third-order valence-electron chi connectivity index (χ3n) is 2.97. The van der Waals surface area contributed by atoms with Gasteiger partial charge in [-0.05, 0) is 25.0 Å². The highest BCUT2D eigenvalue weighted by Gasteiger charge is 2.14. The molecule has 0 saturated carbocycles. The van der Waals surface area contributed by atoms with Crippen LogP contribution in [0.1, 0.15) is 13.8 Å². The van der Waals surface area contributed by atoms with Gasteiger partial charge in [0.15, 0.2) is 0 Å². The molecular weight excluding hydrogens is 258 g/mol. The van der Waals surface area contributed by atoms with Gasteiger partial charge in [0.2, 0.25) is 5.91 Å². The van der Waals surface area contributed by atoms with Gasteiger partial charge in [-0.25, -0.2) is 4.79 Å². The SMILES string of the molecule is CC(CO)C(C)NC(=O)CNC(=O)Nc1ccccc1. The average molecular weight is 279 g/mol. The van der Waals surface area contributed by atoms with E-state index in [1.54, 1.807) is 24.3 Å². The number of nitrogens with one attached hydrogen (secondary N) is 3. The van der Waals surface area contributed by atoms with E-state index in [9.17, 15) is 9.59 Å². The largest absolute Gasteiger partial charge is 0.396 e. The molecule has 0 fully saturated rings. The smallest absolute Gasteiger partial charge is 0.319 e. The van der Waals surface area contributed by atoms with Crippen LogP contribution in [0.15, 0.2) is 30.3 Å². The Morgan fingerprint density at radius 3 is 2.45 bits per heavy atom. The maximum Gasteiger partial charge on any atom is 0.319 e. The highest BCUT2D eigenvalue weighted by atomic mass is 16.3. The first-order valence-electron chi connectivity index (χ1n) is 6.53. The second-order valence-electron chi connectivity index (χ2n) is 4.69. The van der Waals surface area contributed by atoms with Crippen LogP contribution < -0.4 is 16.0 Å². The first-order chi connectivity index (χ1) is 9.52. The quantitative estimate of drug-likeness (QED) is 0.624. The van der Waals surface area contributed by atoms with E-state index in [4.69, 9.17) is 5.11 Å². The minimum absolute atomic E-state index is 0.00334. The highest BCUT2D eigenvalue weighted by Crippen LogP contribution is 2.04. The Kier molecular flexibility index (Phi) is 6.52. The fraction of sp³-hybridized carbons (Fsp3) is 0.429. The molecule has 2 unspecified atom stereocenters. The van der Waals surface area contributed by atoms with Crippen molar-refractivity contribution in [3.05, 3.63) is 30.3 Å². The topological polar surface area (TPSA) is 90.5 Å². The van der Waals surface area contributed by atoms with E-state index < -0.39 is 6.03 Å². The number of urea groups is 1. The molecular formula is C14H21N3O3. The predicted octanol–water partition coefficient (Wildman–Crippen LogP) is 0.941. The van der Waals surface area contributed by atoms with Crippen LogP contribution in [0.2, 0.25) is 0 Å². The molecule has 20 heavy (non-hydrogen) atoms.